The van der Waals surface area contributed by atoms with Crippen molar-refractivity contribution in [2.45, 2.75) is 6.92 Å². The standard InChI is InChI=1S/C6H7ClN2O2/c1-2-3-8-9-5(4-7)6(10)11/h8H,4H2,1H3,(H,10,11)/b9-5+. The molecule has 0 bridgehead atoms. The summed E-state index contributed by atoms with van der Waals surface area (Å²) in [5, 5.41) is 11.8. The molecule has 0 aliphatic heterocycles. The number of carbonyl (C=O) groups is 1. The number of aliphatic carboxylic acids is 1. The summed E-state index contributed by atoms with van der Waals surface area (Å²) in [6.07, 6.45) is 0. The fourth-order valence-corrected chi connectivity index (χ4v) is 0.460. The molecule has 0 aliphatic carbocycles. The van der Waals surface area contributed by atoms with Gasteiger partial charge in [-0.05, 0) is 6.92 Å². The van der Waals surface area contributed by atoms with Gasteiger partial charge < -0.3 is 5.11 Å². The Morgan fingerprint density at radius 3 is 2.82 bits per heavy atom. The van der Waals surface area contributed by atoms with E-state index in [4.69, 9.17) is 16.7 Å². The molecule has 2 N–H and O–H groups in total. The van der Waals surface area contributed by atoms with Crippen LogP contribution in [-0.4, -0.2) is 22.7 Å². The van der Waals surface area contributed by atoms with Crippen LogP contribution in [0.2, 0.25) is 0 Å². The van der Waals surface area contributed by atoms with E-state index in [0.717, 1.165) is 0 Å². The SMILES string of the molecule is CC#CN/N=C(\CCl)C(=O)O. The van der Waals surface area contributed by atoms with Gasteiger partial charge in [-0.2, -0.15) is 5.10 Å². The Morgan fingerprint density at radius 2 is 2.45 bits per heavy atom. The summed E-state index contributed by atoms with van der Waals surface area (Å²) in [4.78, 5) is 10.2. The Balaban J connectivity index is 4.09. The van der Waals surface area contributed by atoms with Crippen molar-refractivity contribution in [3.63, 3.8) is 0 Å². The van der Waals surface area contributed by atoms with Crippen LogP contribution < -0.4 is 5.43 Å². The molecule has 0 aliphatic rings. The third-order valence-electron chi connectivity index (χ3n) is 0.745. The van der Waals surface area contributed by atoms with Gasteiger partial charge in [0.25, 0.3) is 0 Å². The normalized spacial score (nSPS) is 9.82. The summed E-state index contributed by atoms with van der Waals surface area (Å²) < 4.78 is 0. The highest BCUT2D eigenvalue weighted by Crippen LogP contribution is 1.81. The average molecular weight is 175 g/mol. The van der Waals surface area contributed by atoms with Crippen LogP contribution in [0.3, 0.4) is 0 Å². The number of rotatable bonds is 3. The lowest BCUT2D eigenvalue weighted by Gasteiger charge is -1.92. The lowest BCUT2D eigenvalue weighted by Crippen LogP contribution is -2.17. The van der Waals surface area contributed by atoms with E-state index in [-0.39, 0.29) is 11.6 Å². The third-order valence-corrected chi connectivity index (χ3v) is 0.998. The molecule has 60 valence electrons. The van der Waals surface area contributed by atoms with Crippen LogP contribution >= 0.6 is 11.6 Å². The van der Waals surface area contributed by atoms with Crippen LogP contribution in [0, 0.1) is 12.0 Å². The van der Waals surface area contributed by atoms with Crippen LogP contribution in [0.5, 0.6) is 0 Å². The Hall–Kier alpha value is -1.21. The zero-order chi connectivity index (χ0) is 8.69. The molecule has 0 saturated carbocycles. The van der Waals surface area contributed by atoms with Crippen molar-refractivity contribution in [1.82, 2.24) is 5.43 Å². The van der Waals surface area contributed by atoms with Gasteiger partial charge in [0, 0.05) is 6.04 Å². The third kappa shape index (κ3) is 4.23. The van der Waals surface area contributed by atoms with E-state index in [0.29, 0.717) is 0 Å². The van der Waals surface area contributed by atoms with Crippen molar-refractivity contribution in [3.8, 4) is 12.0 Å². The minimum atomic E-state index is -1.15. The number of carboxylic acid groups (broad SMARTS) is 1. The fraction of sp³-hybridized carbons (Fsp3) is 0.333. The molecule has 0 rings (SSSR count). The molecular weight excluding hydrogens is 168 g/mol. The first-order valence-corrected chi connectivity index (χ1v) is 3.28. The van der Waals surface area contributed by atoms with Gasteiger partial charge in [-0.15, -0.1) is 11.6 Å². The van der Waals surface area contributed by atoms with Crippen molar-refractivity contribution in [1.29, 1.82) is 0 Å². The molecule has 11 heavy (non-hydrogen) atoms. The van der Waals surface area contributed by atoms with Crippen LogP contribution in [0.15, 0.2) is 5.10 Å². The second-order valence-corrected chi connectivity index (χ2v) is 1.75. The van der Waals surface area contributed by atoms with Crippen molar-refractivity contribution in [2.75, 3.05) is 5.88 Å². The number of alkyl halides is 1. The smallest absolute Gasteiger partial charge is 0.353 e. The van der Waals surface area contributed by atoms with Gasteiger partial charge in [0.15, 0.2) is 5.71 Å². The molecule has 0 spiro atoms. The van der Waals surface area contributed by atoms with Gasteiger partial charge in [0.1, 0.15) is 0 Å². The monoisotopic (exact) mass is 174 g/mol. The Labute approximate surface area is 69.2 Å². The maximum atomic E-state index is 10.2. The van der Waals surface area contributed by atoms with Crippen molar-refractivity contribution >= 4 is 23.3 Å². The van der Waals surface area contributed by atoms with Gasteiger partial charge in [-0.25, -0.2) is 10.2 Å². The first-order chi connectivity index (χ1) is 5.22. The zero-order valence-corrected chi connectivity index (χ0v) is 6.64. The predicted molar refractivity (Wildman–Crippen MR) is 42.4 cm³/mol. The van der Waals surface area contributed by atoms with Crippen molar-refractivity contribution in [3.05, 3.63) is 0 Å². The van der Waals surface area contributed by atoms with Gasteiger partial charge in [-0.1, -0.05) is 5.92 Å². The Kier molecular flexibility index (Phi) is 4.95. The second kappa shape index (κ2) is 5.57. The quantitative estimate of drug-likeness (QED) is 0.212. The van der Waals surface area contributed by atoms with E-state index in [2.05, 4.69) is 22.5 Å². The lowest BCUT2D eigenvalue weighted by atomic mass is 10.4. The number of halogens is 1. The number of carboxylic acids is 1. The Morgan fingerprint density at radius 1 is 1.82 bits per heavy atom. The van der Waals surface area contributed by atoms with Gasteiger partial charge in [0.05, 0.1) is 5.88 Å². The van der Waals surface area contributed by atoms with Crippen LogP contribution in [0.4, 0.5) is 0 Å². The maximum Gasteiger partial charge on any atom is 0.353 e. The van der Waals surface area contributed by atoms with Gasteiger partial charge >= 0.3 is 5.97 Å². The zero-order valence-electron chi connectivity index (χ0n) is 5.89. The number of hydrazone groups is 1. The number of nitrogens with one attached hydrogen (secondary N) is 1. The molecule has 0 fully saturated rings. The minimum absolute atomic E-state index is 0.145. The van der Waals surface area contributed by atoms with E-state index in [1.165, 1.54) is 0 Å². The summed E-state index contributed by atoms with van der Waals surface area (Å²) in [6, 6.07) is 2.36. The fourth-order valence-electron chi connectivity index (χ4n) is 0.286. The highest BCUT2D eigenvalue weighted by Gasteiger charge is 2.05. The molecule has 0 radical (unpaired) electrons. The van der Waals surface area contributed by atoms with E-state index in [1.807, 2.05) is 0 Å². The highest BCUT2D eigenvalue weighted by molar-refractivity contribution is 6.46. The molecule has 5 heteroatoms. The summed E-state index contributed by atoms with van der Waals surface area (Å²) in [7, 11) is 0. The molecule has 0 aromatic carbocycles. The van der Waals surface area contributed by atoms with Crippen LogP contribution in [-0.2, 0) is 4.79 Å². The lowest BCUT2D eigenvalue weighted by molar-refractivity contribution is -0.129. The van der Waals surface area contributed by atoms with E-state index in [9.17, 15) is 4.79 Å². The molecule has 0 atom stereocenters. The minimum Gasteiger partial charge on any atom is -0.477 e. The van der Waals surface area contributed by atoms with E-state index in [1.54, 1.807) is 6.92 Å². The first kappa shape index (κ1) is 9.79. The number of hydrogen-bond donors (Lipinski definition) is 2. The van der Waals surface area contributed by atoms with Gasteiger partial charge in [0.2, 0.25) is 0 Å². The summed E-state index contributed by atoms with van der Waals surface area (Å²) in [5.41, 5.74) is 2.07. The Bertz CT molecular complexity index is 226. The topological polar surface area (TPSA) is 61.7 Å². The van der Waals surface area contributed by atoms with Gasteiger partial charge in [-0.3, -0.25) is 0 Å². The molecule has 0 aromatic rings. The second-order valence-electron chi connectivity index (χ2n) is 1.48. The van der Waals surface area contributed by atoms with E-state index >= 15 is 0 Å². The van der Waals surface area contributed by atoms with Crippen LogP contribution in [0.1, 0.15) is 6.92 Å². The van der Waals surface area contributed by atoms with Crippen molar-refractivity contribution in [2.24, 2.45) is 5.10 Å². The summed E-state index contributed by atoms with van der Waals surface area (Å²) >= 11 is 5.24. The molecule has 0 unspecified atom stereocenters. The first-order valence-electron chi connectivity index (χ1n) is 2.75. The molecule has 0 aromatic heterocycles. The highest BCUT2D eigenvalue weighted by atomic mass is 35.5. The molecule has 0 saturated heterocycles. The maximum absolute atomic E-state index is 10.2. The average Bonchev–Trinajstić information content (AvgIpc) is 1.97. The van der Waals surface area contributed by atoms with Crippen LogP contribution in [0.25, 0.3) is 0 Å². The molecule has 4 nitrogen and oxygen atoms in total. The molecule has 0 amide bonds. The number of nitrogens with zero attached hydrogens (tertiary/aromatic N) is 1. The van der Waals surface area contributed by atoms with E-state index < -0.39 is 5.97 Å². The largest absolute Gasteiger partial charge is 0.477 e. The van der Waals surface area contributed by atoms with Crippen molar-refractivity contribution < 1.29 is 9.90 Å². The molecule has 0 heterocycles. The summed E-state index contributed by atoms with van der Waals surface area (Å²) in [5.74, 6) is 1.19. The molecular formula is C6H7ClN2O2. The number of hydrogen-bond acceptors (Lipinski definition) is 3. The summed E-state index contributed by atoms with van der Waals surface area (Å²) in [6.45, 7) is 1.60. The predicted octanol–water partition coefficient (Wildman–Crippen LogP) is 0.236.